The zero-order chi connectivity index (χ0) is 13.7. The van der Waals surface area contributed by atoms with Crippen molar-refractivity contribution in [3.8, 4) is 0 Å². The first-order valence-electron chi connectivity index (χ1n) is 5.83. The zero-order valence-electron chi connectivity index (χ0n) is 10.3. The van der Waals surface area contributed by atoms with Crippen molar-refractivity contribution in [3.05, 3.63) is 34.8 Å². The number of halogens is 2. The standard InChI is InChI=1S/C12H13F2N3S2/c1-2-5-15-12-17-16-11(19-12)7-18-10-6-8(13)3-4-9(10)14/h3-4,6H,2,5,7H2,1H3,(H,15,17). The van der Waals surface area contributed by atoms with Gasteiger partial charge in [-0.3, -0.25) is 0 Å². The molecule has 0 unspecified atom stereocenters. The van der Waals surface area contributed by atoms with Crippen LogP contribution in [0.4, 0.5) is 13.9 Å². The normalized spacial score (nSPS) is 10.7. The number of nitrogens with one attached hydrogen (secondary N) is 1. The van der Waals surface area contributed by atoms with E-state index in [1.54, 1.807) is 0 Å². The minimum atomic E-state index is -0.438. The molecule has 0 amide bonds. The molecule has 0 atom stereocenters. The second kappa shape index (κ2) is 6.81. The topological polar surface area (TPSA) is 37.8 Å². The molecule has 1 aromatic carbocycles. The van der Waals surface area contributed by atoms with Crippen LogP contribution >= 0.6 is 23.1 Å². The second-order valence-corrected chi connectivity index (χ2v) is 5.87. The van der Waals surface area contributed by atoms with Gasteiger partial charge in [-0.15, -0.1) is 22.0 Å². The predicted molar refractivity (Wildman–Crippen MR) is 74.6 cm³/mol. The maximum atomic E-state index is 13.4. The summed E-state index contributed by atoms with van der Waals surface area (Å²) in [6, 6.07) is 3.43. The Morgan fingerprint density at radius 2 is 2.16 bits per heavy atom. The molecule has 0 fully saturated rings. The van der Waals surface area contributed by atoms with Crippen LogP contribution in [-0.2, 0) is 5.75 Å². The first-order chi connectivity index (χ1) is 9.19. The number of thioether (sulfide) groups is 1. The fraction of sp³-hybridized carbons (Fsp3) is 0.333. The number of benzene rings is 1. The molecular weight excluding hydrogens is 288 g/mol. The Labute approximate surface area is 118 Å². The van der Waals surface area contributed by atoms with E-state index in [1.165, 1.54) is 29.2 Å². The van der Waals surface area contributed by atoms with Crippen LogP contribution in [0.3, 0.4) is 0 Å². The Bertz CT molecular complexity index is 546. The fourth-order valence-corrected chi connectivity index (χ4v) is 3.05. The molecule has 19 heavy (non-hydrogen) atoms. The smallest absolute Gasteiger partial charge is 0.205 e. The van der Waals surface area contributed by atoms with Gasteiger partial charge in [0.15, 0.2) is 0 Å². The Balaban J connectivity index is 1.94. The number of aromatic nitrogens is 2. The van der Waals surface area contributed by atoms with Crippen molar-refractivity contribution < 1.29 is 8.78 Å². The Morgan fingerprint density at radius 1 is 1.32 bits per heavy atom. The lowest BCUT2D eigenvalue weighted by molar-refractivity contribution is 0.577. The van der Waals surface area contributed by atoms with E-state index in [4.69, 9.17) is 0 Å². The van der Waals surface area contributed by atoms with Gasteiger partial charge in [0.05, 0.1) is 5.75 Å². The fourth-order valence-electron chi connectivity index (χ4n) is 1.34. The maximum absolute atomic E-state index is 13.4. The van der Waals surface area contributed by atoms with Crippen LogP contribution < -0.4 is 5.32 Å². The lowest BCUT2D eigenvalue weighted by atomic mass is 10.3. The minimum absolute atomic E-state index is 0.290. The summed E-state index contributed by atoms with van der Waals surface area (Å²) in [6.45, 7) is 2.91. The van der Waals surface area contributed by atoms with E-state index in [0.29, 0.717) is 10.6 Å². The Kier molecular flexibility index (Phi) is 5.09. The van der Waals surface area contributed by atoms with Crippen LogP contribution in [0.2, 0.25) is 0 Å². The number of nitrogens with zero attached hydrogens (tertiary/aromatic N) is 2. The van der Waals surface area contributed by atoms with Crippen molar-refractivity contribution in [1.82, 2.24) is 10.2 Å². The monoisotopic (exact) mass is 301 g/mol. The van der Waals surface area contributed by atoms with Gasteiger partial charge in [0.2, 0.25) is 5.13 Å². The van der Waals surface area contributed by atoms with Gasteiger partial charge in [-0.1, -0.05) is 18.3 Å². The zero-order valence-corrected chi connectivity index (χ0v) is 12.0. The summed E-state index contributed by atoms with van der Waals surface area (Å²) in [6.07, 6.45) is 1.01. The van der Waals surface area contributed by atoms with E-state index < -0.39 is 11.6 Å². The summed E-state index contributed by atoms with van der Waals surface area (Å²) >= 11 is 2.65. The van der Waals surface area contributed by atoms with E-state index in [-0.39, 0.29) is 0 Å². The summed E-state index contributed by atoms with van der Waals surface area (Å²) in [7, 11) is 0. The lowest BCUT2D eigenvalue weighted by Gasteiger charge is -2.00. The molecule has 0 saturated carbocycles. The van der Waals surface area contributed by atoms with Crippen LogP contribution in [-0.4, -0.2) is 16.7 Å². The molecule has 7 heteroatoms. The number of rotatable bonds is 6. The van der Waals surface area contributed by atoms with Crippen molar-refractivity contribution in [1.29, 1.82) is 0 Å². The summed E-state index contributed by atoms with van der Waals surface area (Å²) in [4.78, 5) is 0.290. The van der Waals surface area contributed by atoms with E-state index in [0.717, 1.165) is 35.2 Å². The maximum Gasteiger partial charge on any atom is 0.205 e. The molecule has 1 N–H and O–H groups in total. The number of anilines is 1. The summed E-state index contributed by atoms with van der Waals surface area (Å²) < 4.78 is 26.4. The summed E-state index contributed by atoms with van der Waals surface area (Å²) in [5.41, 5.74) is 0. The highest BCUT2D eigenvalue weighted by molar-refractivity contribution is 7.98. The minimum Gasteiger partial charge on any atom is -0.360 e. The molecule has 0 aliphatic heterocycles. The molecule has 0 saturated heterocycles. The highest BCUT2D eigenvalue weighted by Crippen LogP contribution is 2.28. The van der Waals surface area contributed by atoms with Crippen molar-refractivity contribution in [2.75, 3.05) is 11.9 Å². The lowest BCUT2D eigenvalue weighted by Crippen LogP contribution is -1.98. The molecule has 1 heterocycles. The number of hydrogen-bond acceptors (Lipinski definition) is 5. The SMILES string of the molecule is CCCNc1nnc(CSc2cc(F)ccc2F)s1. The molecule has 0 aliphatic carbocycles. The molecule has 2 rings (SSSR count). The van der Waals surface area contributed by atoms with E-state index in [2.05, 4.69) is 22.4 Å². The summed E-state index contributed by atoms with van der Waals surface area (Å²) in [5, 5.41) is 12.7. The van der Waals surface area contributed by atoms with Gasteiger partial charge in [0.1, 0.15) is 16.6 Å². The largest absolute Gasteiger partial charge is 0.360 e. The van der Waals surface area contributed by atoms with Gasteiger partial charge in [-0.25, -0.2) is 8.78 Å². The number of hydrogen-bond donors (Lipinski definition) is 1. The van der Waals surface area contributed by atoms with Gasteiger partial charge < -0.3 is 5.32 Å². The van der Waals surface area contributed by atoms with Crippen molar-refractivity contribution in [2.24, 2.45) is 0 Å². The van der Waals surface area contributed by atoms with Crippen LogP contribution in [0, 0.1) is 11.6 Å². The predicted octanol–water partition coefficient (Wildman–Crippen LogP) is 3.93. The molecule has 2 aromatic rings. The van der Waals surface area contributed by atoms with Crippen LogP contribution in [0.1, 0.15) is 18.4 Å². The summed E-state index contributed by atoms with van der Waals surface area (Å²) in [5.74, 6) is -0.377. The highest BCUT2D eigenvalue weighted by atomic mass is 32.2. The second-order valence-electron chi connectivity index (χ2n) is 3.79. The molecule has 1 aromatic heterocycles. The first kappa shape index (κ1) is 14.2. The Hall–Kier alpha value is -1.21. The van der Waals surface area contributed by atoms with Crippen LogP contribution in [0.25, 0.3) is 0 Å². The quantitative estimate of drug-likeness (QED) is 0.820. The molecule has 3 nitrogen and oxygen atoms in total. The third-order valence-electron chi connectivity index (χ3n) is 2.24. The third-order valence-corrected chi connectivity index (χ3v) is 4.34. The highest BCUT2D eigenvalue weighted by Gasteiger charge is 2.08. The average Bonchev–Trinajstić information content (AvgIpc) is 2.85. The van der Waals surface area contributed by atoms with Gasteiger partial charge in [-0.2, -0.15) is 0 Å². The molecule has 0 bridgehead atoms. The molecule has 0 spiro atoms. The van der Waals surface area contributed by atoms with E-state index >= 15 is 0 Å². The molecular formula is C12H13F2N3S2. The average molecular weight is 301 g/mol. The van der Waals surface area contributed by atoms with E-state index in [9.17, 15) is 8.78 Å². The van der Waals surface area contributed by atoms with Crippen LogP contribution in [0.15, 0.2) is 23.1 Å². The third kappa shape index (κ3) is 4.14. The molecule has 0 radical (unpaired) electrons. The van der Waals surface area contributed by atoms with Gasteiger partial charge >= 0.3 is 0 Å². The van der Waals surface area contributed by atoms with Crippen LogP contribution in [0.5, 0.6) is 0 Å². The Morgan fingerprint density at radius 3 is 2.95 bits per heavy atom. The van der Waals surface area contributed by atoms with Gasteiger partial charge in [0.25, 0.3) is 0 Å². The van der Waals surface area contributed by atoms with Crippen molar-refractivity contribution in [3.63, 3.8) is 0 Å². The van der Waals surface area contributed by atoms with Gasteiger partial charge in [0, 0.05) is 11.4 Å². The molecule has 0 aliphatic rings. The van der Waals surface area contributed by atoms with E-state index in [1.807, 2.05) is 0 Å². The first-order valence-corrected chi connectivity index (χ1v) is 7.63. The van der Waals surface area contributed by atoms with Crippen molar-refractivity contribution in [2.45, 2.75) is 24.0 Å². The molecule has 102 valence electrons. The van der Waals surface area contributed by atoms with Crippen molar-refractivity contribution >= 4 is 28.2 Å². The van der Waals surface area contributed by atoms with Gasteiger partial charge in [-0.05, 0) is 24.6 Å².